The Labute approximate surface area is 100 Å². The quantitative estimate of drug-likeness (QED) is 0.817. The number of nitrogens with one attached hydrogen (secondary N) is 2. The van der Waals surface area contributed by atoms with Crippen LogP contribution in [0.5, 0.6) is 0 Å². The van der Waals surface area contributed by atoms with Crippen LogP contribution >= 0.6 is 15.9 Å². The van der Waals surface area contributed by atoms with E-state index in [1.54, 1.807) is 0 Å². The highest BCUT2D eigenvalue weighted by Gasteiger charge is 2.15. The summed E-state index contributed by atoms with van der Waals surface area (Å²) in [5, 5.41) is 3.27. The Morgan fingerprint density at radius 1 is 1.50 bits per heavy atom. The Hall–Kier alpha value is -1.36. The number of carbonyl (C=O) groups is 1. The Bertz CT molecular complexity index is 577. The van der Waals surface area contributed by atoms with Gasteiger partial charge in [0.2, 0.25) is 6.41 Å². The van der Waals surface area contributed by atoms with Crippen LogP contribution in [0.2, 0.25) is 0 Å². The van der Waals surface area contributed by atoms with Gasteiger partial charge in [0, 0.05) is 15.6 Å². The van der Waals surface area contributed by atoms with Crippen LogP contribution in [0.25, 0.3) is 10.9 Å². The van der Waals surface area contributed by atoms with Crippen molar-refractivity contribution >= 4 is 38.9 Å². The Morgan fingerprint density at radius 3 is 2.81 bits per heavy atom. The van der Waals surface area contributed by atoms with Crippen LogP contribution in [0.15, 0.2) is 10.5 Å². The minimum atomic E-state index is -0.465. The molecule has 0 aliphatic rings. The number of amides is 1. The van der Waals surface area contributed by atoms with E-state index in [2.05, 4.69) is 26.2 Å². The molecule has 1 aromatic carbocycles. The van der Waals surface area contributed by atoms with E-state index >= 15 is 0 Å². The number of hydrogen-bond donors (Lipinski definition) is 2. The van der Waals surface area contributed by atoms with Gasteiger partial charge in [-0.15, -0.1) is 0 Å². The van der Waals surface area contributed by atoms with Crippen molar-refractivity contribution in [3.63, 3.8) is 0 Å². The van der Waals surface area contributed by atoms with Gasteiger partial charge in [-0.3, -0.25) is 4.79 Å². The lowest BCUT2D eigenvalue weighted by molar-refractivity contribution is -0.105. The third-order valence-corrected chi connectivity index (χ3v) is 3.31. The predicted octanol–water partition coefficient (Wildman–Crippen LogP) is 3.25. The van der Waals surface area contributed by atoms with Crippen molar-refractivity contribution in [1.82, 2.24) is 4.98 Å². The van der Waals surface area contributed by atoms with Crippen LogP contribution in [0.3, 0.4) is 0 Å². The van der Waals surface area contributed by atoms with Gasteiger partial charge in [0.25, 0.3) is 0 Å². The normalized spacial score (nSPS) is 10.8. The van der Waals surface area contributed by atoms with Gasteiger partial charge < -0.3 is 10.3 Å². The van der Waals surface area contributed by atoms with E-state index in [9.17, 15) is 9.18 Å². The highest BCUT2D eigenvalue weighted by atomic mass is 79.9. The second-order valence-corrected chi connectivity index (χ2v) is 4.46. The minimum Gasteiger partial charge on any atom is -0.357 e. The van der Waals surface area contributed by atoms with Crippen LogP contribution < -0.4 is 5.32 Å². The number of halogens is 2. The highest BCUT2D eigenvalue weighted by molar-refractivity contribution is 9.10. The monoisotopic (exact) mass is 284 g/mol. The Morgan fingerprint density at radius 2 is 2.19 bits per heavy atom. The third kappa shape index (κ3) is 1.51. The van der Waals surface area contributed by atoms with E-state index < -0.39 is 5.82 Å². The standard InChI is InChI=1S/C11H10BrFN2O/c1-5-6(2)15-11-9(5)7(12)3-8(13)10(11)14-4-16/h3-4,15H,1-2H3,(H,14,16). The summed E-state index contributed by atoms with van der Waals surface area (Å²) in [5.74, 6) is -0.465. The summed E-state index contributed by atoms with van der Waals surface area (Å²) in [5.41, 5.74) is 2.78. The summed E-state index contributed by atoms with van der Waals surface area (Å²) in [7, 11) is 0. The molecule has 1 heterocycles. The number of rotatable bonds is 2. The number of carbonyl (C=O) groups excluding carboxylic acids is 1. The number of hydrogen-bond acceptors (Lipinski definition) is 1. The number of benzene rings is 1. The van der Waals surface area contributed by atoms with Gasteiger partial charge in [0.1, 0.15) is 11.5 Å². The van der Waals surface area contributed by atoms with Gasteiger partial charge in [-0.1, -0.05) is 0 Å². The number of fused-ring (bicyclic) bond motifs is 1. The van der Waals surface area contributed by atoms with Crippen molar-refractivity contribution in [2.45, 2.75) is 13.8 Å². The smallest absolute Gasteiger partial charge is 0.211 e. The molecule has 16 heavy (non-hydrogen) atoms. The molecule has 0 spiro atoms. The van der Waals surface area contributed by atoms with Gasteiger partial charge in [-0.25, -0.2) is 4.39 Å². The van der Waals surface area contributed by atoms with Gasteiger partial charge in [-0.05, 0) is 41.4 Å². The molecule has 2 rings (SSSR count). The summed E-state index contributed by atoms with van der Waals surface area (Å²) in [4.78, 5) is 13.5. The molecule has 2 N–H and O–H groups in total. The summed E-state index contributed by atoms with van der Waals surface area (Å²) in [6, 6.07) is 1.36. The van der Waals surface area contributed by atoms with E-state index in [4.69, 9.17) is 0 Å². The molecule has 0 fully saturated rings. The first-order valence-electron chi connectivity index (χ1n) is 4.73. The lowest BCUT2D eigenvalue weighted by Crippen LogP contribution is -1.98. The SMILES string of the molecule is Cc1[nH]c2c(NC=O)c(F)cc(Br)c2c1C. The summed E-state index contributed by atoms with van der Waals surface area (Å²) >= 11 is 3.32. The molecule has 1 aromatic heterocycles. The fraction of sp³-hybridized carbons (Fsp3) is 0.182. The van der Waals surface area contributed by atoms with Crippen molar-refractivity contribution in [2.24, 2.45) is 0 Å². The second kappa shape index (κ2) is 3.90. The predicted molar refractivity (Wildman–Crippen MR) is 65.1 cm³/mol. The summed E-state index contributed by atoms with van der Waals surface area (Å²) in [6.45, 7) is 3.85. The molecule has 0 saturated heterocycles. The third-order valence-electron chi connectivity index (χ3n) is 2.68. The Balaban J connectivity index is 2.89. The summed E-state index contributed by atoms with van der Waals surface area (Å²) < 4.78 is 14.3. The lowest BCUT2D eigenvalue weighted by atomic mass is 10.1. The molecule has 0 radical (unpaired) electrons. The van der Waals surface area contributed by atoms with Crippen LogP contribution in [0.4, 0.5) is 10.1 Å². The molecule has 0 atom stereocenters. The van der Waals surface area contributed by atoms with Gasteiger partial charge in [-0.2, -0.15) is 0 Å². The molecule has 0 aliphatic heterocycles. The lowest BCUT2D eigenvalue weighted by Gasteiger charge is -2.05. The molecular formula is C11H10BrFN2O. The topological polar surface area (TPSA) is 44.9 Å². The zero-order chi connectivity index (χ0) is 11.9. The average Bonchev–Trinajstić information content (AvgIpc) is 2.50. The number of aromatic amines is 1. The minimum absolute atomic E-state index is 0.185. The van der Waals surface area contributed by atoms with E-state index in [1.807, 2.05) is 13.8 Å². The first-order chi connectivity index (χ1) is 7.56. The number of aromatic nitrogens is 1. The average molecular weight is 285 g/mol. The van der Waals surface area contributed by atoms with Crippen LogP contribution in [-0.4, -0.2) is 11.4 Å². The molecular weight excluding hydrogens is 275 g/mol. The largest absolute Gasteiger partial charge is 0.357 e. The second-order valence-electron chi connectivity index (χ2n) is 3.60. The van der Waals surface area contributed by atoms with E-state index in [0.29, 0.717) is 16.4 Å². The molecule has 84 valence electrons. The Kier molecular flexibility index (Phi) is 2.71. The van der Waals surface area contributed by atoms with Gasteiger partial charge >= 0.3 is 0 Å². The van der Waals surface area contributed by atoms with Crippen molar-refractivity contribution in [1.29, 1.82) is 0 Å². The molecule has 0 saturated carbocycles. The van der Waals surface area contributed by atoms with Crippen molar-refractivity contribution < 1.29 is 9.18 Å². The van der Waals surface area contributed by atoms with Crippen molar-refractivity contribution in [2.75, 3.05) is 5.32 Å². The van der Waals surface area contributed by atoms with E-state index in [0.717, 1.165) is 16.6 Å². The van der Waals surface area contributed by atoms with Crippen LogP contribution in [0, 0.1) is 19.7 Å². The first kappa shape index (κ1) is 11.1. The molecule has 2 aromatic rings. The summed E-state index contributed by atoms with van der Waals surface area (Å²) in [6.07, 6.45) is 0.470. The maximum absolute atomic E-state index is 13.6. The molecule has 5 heteroatoms. The number of anilines is 1. The molecule has 3 nitrogen and oxygen atoms in total. The van der Waals surface area contributed by atoms with Crippen LogP contribution in [0.1, 0.15) is 11.3 Å². The molecule has 0 unspecified atom stereocenters. The molecule has 1 amide bonds. The van der Waals surface area contributed by atoms with Gasteiger partial charge in [0.15, 0.2) is 0 Å². The first-order valence-corrected chi connectivity index (χ1v) is 5.52. The van der Waals surface area contributed by atoms with E-state index in [-0.39, 0.29) is 5.69 Å². The van der Waals surface area contributed by atoms with Crippen molar-refractivity contribution in [3.8, 4) is 0 Å². The number of aryl methyl sites for hydroxylation is 2. The zero-order valence-corrected chi connectivity index (χ0v) is 10.4. The fourth-order valence-corrected chi connectivity index (χ4v) is 2.48. The van der Waals surface area contributed by atoms with Crippen LogP contribution in [-0.2, 0) is 4.79 Å². The van der Waals surface area contributed by atoms with Crippen molar-refractivity contribution in [3.05, 3.63) is 27.6 Å². The molecule has 0 aliphatic carbocycles. The van der Waals surface area contributed by atoms with Gasteiger partial charge in [0.05, 0.1) is 5.52 Å². The zero-order valence-electron chi connectivity index (χ0n) is 8.82. The maximum Gasteiger partial charge on any atom is 0.211 e. The fourth-order valence-electron chi connectivity index (χ4n) is 1.78. The number of H-pyrrole nitrogens is 1. The molecule has 0 bridgehead atoms. The van der Waals surface area contributed by atoms with E-state index in [1.165, 1.54) is 6.07 Å². The highest BCUT2D eigenvalue weighted by Crippen LogP contribution is 2.35. The maximum atomic E-state index is 13.6.